The molecule has 0 bridgehead atoms. The highest BCUT2D eigenvalue weighted by atomic mass is 16.2. The summed E-state index contributed by atoms with van der Waals surface area (Å²) in [5.74, 6) is -0.479. The minimum absolute atomic E-state index is 0.124. The highest BCUT2D eigenvalue weighted by Gasteiger charge is 2.26. The normalized spacial score (nSPS) is 22.7. The fourth-order valence-corrected chi connectivity index (χ4v) is 1.12. The van der Waals surface area contributed by atoms with Crippen molar-refractivity contribution in [1.29, 1.82) is 0 Å². The Morgan fingerprint density at radius 1 is 1.12 bits per heavy atom. The molecule has 88 valence electrons. The molecule has 16 heavy (non-hydrogen) atoms. The lowest BCUT2D eigenvalue weighted by Gasteiger charge is -1.98. The second-order valence-electron chi connectivity index (χ2n) is 3.15. The van der Waals surface area contributed by atoms with Gasteiger partial charge in [-0.2, -0.15) is 0 Å². The van der Waals surface area contributed by atoms with E-state index in [1.54, 1.807) is 0 Å². The monoisotopic (exact) mass is 228 g/mol. The van der Waals surface area contributed by atoms with Crippen LogP contribution in [0.4, 0.5) is 9.59 Å². The number of carbonyl (C=O) groups is 4. The first kappa shape index (κ1) is 12.0. The molecule has 2 fully saturated rings. The Bertz CT molecular complexity index is 327. The third kappa shape index (κ3) is 3.23. The predicted octanol–water partition coefficient (Wildman–Crippen LogP) is -1.57. The van der Waals surface area contributed by atoms with Crippen molar-refractivity contribution in [2.75, 3.05) is 6.54 Å². The molecular weight excluding hydrogens is 216 g/mol. The summed E-state index contributed by atoms with van der Waals surface area (Å²) < 4.78 is 0. The van der Waals surface area contributed by atoms with E-state index in [0.29, 0.717) is 6.42 Å². The van der Waals surface area contributed by atoms with E-state index >= 15 is 0 Å². The number of hydrogen-bond acceptors (Lipinski definition) is 4. The molecule has 2 saturated heterocycles. The number of amides is 6. The summed E-state index contributed by atoms with van der Waals surface area (Å²) in [6.07, 6.45) is 0.650. The van der Waals surface area contributed by atoms with Crippen molar-refractivity contribution in [3.63, 3.8) is 0 Å². The van der Waals surface area contributed by atoms with E-state index in [-0.39, 0.29) is 30.4 Å². The molecule has 2 aliphatic heterocycles. The van der Waals surface area contributed by atoms with Crippen molar-refractivity contribution in [2.45, 2.75) is 19.4 Å². The SMILES string of the molecule is CCC1NC(=O)NC1=O.O=C1CNC(=O)N1. The molecule has 8 nitrogen and oxygen atoms in total. The first-order valence-corrected chi connectivity index (χ1v) is 4.72. The topological polar surface area (TPSA) is 116 Å². The Labute approximate surface area is 91.1 Å². The van der Waals surface area contributed by atoms with E-state index < -0.39 is 6.03 Å². The van der Waals surface area contributed by atoms with E-state index in [1.807, 2.05) is 12.2 Å². The number of carbonyl (C=O) groups excluding carboxylic acids is 4. The smallest absolute Gasteiger partial charge is 0.322 e. The van der Waals surface area contributed by atoms with Gasteiger partial charge in [-0.3, -0.25) is 20.2 Å². The second kappa shape index (κ2) is 5.10. The van der Waals surface area contributed by atoms with Crippen LogP contribution in [0.2, 0.25) is 0 Å². The minimum Gasteiger partial charge on any atom is -0.329 e. The molecule has 0 spiro atoms. The van der Waals surface area contributed by atoms with Gasteiger partial charge in [-0.15, -0.1) is 0 Å². The maximum Gasteiger partial charge on any atom is 0.322 e. The van der Waals surface area contributed by atoms with E-state index in [9.17, 15) is 19.2 Å². The summed E-state index contributed by atoms with van der Waals surface area (Å²) in [7, 11) is 0. The van der Waals surface area contributed by atoms with Crippen LogP contribution in [-0.2, 0) is 9.59 Å². The van der Waals surface area contributed by atoms with Crippen LogP contribution < -0.4 is 21.3 Å². The molecule has 2 rings (SSSR count). The van der Waals surface area contributed by atoms with E-state index in [0.717, 1.165) is 0 Å². The van der Waals surface area contributed by atoms with Crippen LogP contribution >= 0.6 is 0 Å². The molecule has 4 N–H and O–H groups in total. The fourth-order valence-electron chi connectivity index (χ4n) is 1.12. The van der Waals surface area contributed by atoms with Crippen LogP contribution in [0.15, 0.2) is 0 Å². The van der Waals surface area contributed by atoms with Crippen LogP contribution in [0.3, 0.4) is 0 Å². The van der Waals surface area contributed by atoms with Crippen molar-refractivity contribution in [2.24, 2.45) is 0 Å². The molecule has 0 saturated carbocycles. The molecule has 1 atom stereocenters. The van der Waals surface area contributed by atoms with E-state index in [1.165, 1.54) is 0 Å². The van der Waals surface area contributed by atoms with Crippen molar-refractivity contribution >= 4 is 23.9 Å². The Morgan fingerprint density at radius 3 is 2.00 bits per heavy atom. The Hall–Kier alpha value is -2.12. The summed E-state index contributed by atoms with van der Waals surface area (Å²) in [5, 5.41) is 8.88. The fraction of sp³-hybridized carbons (Fsp3) is 0.500. The van der Waals surface area contributed by atoms with Gasteiger partial charge in [0.25, 0.3) is 5.91 Å². The van der Waals surface area contributed by atoms with Crippen LogP contribution in [0.5, 0.6) is 0 Å². The summed E-state index contributed by atoms with van der Waals surface area (Å²) in [5.41, 5.74) is 0. The Morgan fingerprint density at radius 2 is 1.81 bits per heavy atom. The van der Waals surface area contributed by atoms with Gasteiger partial charge in [0.2, 0.25) is 5.91 Å². The molecule has 0 aliphatic carbocycles. The molecule has 0 aromatic heterocycles. The molecule has 2 heterocycles. The van der Waals surface area contributed by atoms with Crippen molar-refractivity contribution in [3.8, 4) is 0 Å². The van der Waals surface area contributed by atoms with Gasteiger partial charge in [-0.25, -0.2) is 9.59 Å². The number of nitrogens with one attached hydrogen (secondary N) is 4. The largest absolute Gasteiger partial charge is 0.329 e. The molecule has 8 heteroatoms. The van der Waals surface area contributed by atoms with Crippen molar-refractivity contribution in [3.05, 3.63) is 0 Å². The van der Waals surface area contributed by atoms with E-state index in [4.69, 9.17) is 0 Å². The summed E-state index contributed by atoms with van der Waals surface area (Å²) in [4.78, 5) is 41.1. The zero-order chi connectivity index (χ0) is 12.1. The minimum atomic E-state index is -0.398. The van der Waals surface area contributed by atoms with Crippen molar-refractivity contribution in [1.82, 2.24) is 21.3 Å². The van der Waals surface area contributed by atoms with Gasteiger partial charge < -0.3 is 10.6 Å². The van der Waals surface area contributed by atoms with Gasteiger partial charge in [0.15, 0.2) is 0 Å². The van der Waals surface area contributed by atoms with Gasteiger partial charge in [0, 0.05) is 0 Å². The molecule has 0 aromatic rings. The van der Waals surface area contributed by atoms with Crippen molar-refractivity contribution < 1.29 is 19.2 Å². The Kier molecular flexibility index (Phi) is 3.81. The molecular formula is C8H12N4O4. The molecule has 1 unspecified atom stereocenters. The number of imide groups is 2. The third-order valence-corrected chi connectivity index (χ3v) is 1.93. The lowest BCUT2D eigenvalue weighted by atomic mass is 10.2. The van der Waals surface area contributed by atoms with Gasteiger partial charge in [-0.05, 0) is 6.42 Å². The van der Waals surface area contributed by atoms with Gasteiger partial charge in [-0.1, -0.05) is 6.92 Å². The van der Waals surface area contributed by atoms with Gasteiger partial charge in [0.1, 0.15) is 6.04 Å². The predicted molar refractivity (Wildman–Crippen MR) is 52.3 cm³/mol. The maximum absolute atomic E-state index is 10.6. The van der Waals surface area contributed by atoms with Gasteiger partial charge in [0.05, 0.1) is 6.54 Å². The molecule has 0 aromatic carbocycles. The van der Waals surface area contributed by atoms with Crippen LogP contribution in [0, 0.1) is 0 Å². The summed E-state index contributed by atoms with van der Waals surface area (Å²) >= 11 is 0. The standard InChI is InChI=1S/C5H8N2O2.C3H4N2O2/c1-2-3-4(8)7-5(9)6-3;6-2-1-4-3(7)5-2/h3H,2H2,1H3,(H2,6,7,8,9);1H2,(H2,4,5,6,7). The van der Waals surface area contributed by atoms with Crippen LogP contribution in [0.25, 0.3) is 0 Å². The summed E-state index contributed by atoms with van der Waals surface area (Å²) in [6, 6.07) is -1.09. The molecule has 6 amide bonds. The maximum atomic E-state index is 10.6. The second-order valence-corrected chi connectivity index (χ2v) is 3.15. The molecule has 0 radical (unpaired) electrons. The zero-order valence-corrected chi connectivity index (χ0v) is 8.62. The molecule has 2 aliphatic rings. The van der Waals surface area contributed by atoms with Crippen LogP contribution in [-0.4, -0.2) is 36.5 Å². The average molecular weight is 228 g/mol. The zero-order valence-electron chi connectivity index (χ0n) is 8.62. The lowest BCUT2D eigenvalue weighted by Crippen LogP contribution is -2.27. The van der Waals surface area contributed by atoms with Crippen LogP contribution in [0.1, 0.15) is 13.3 Å². The number of urea groups is 2. The lowest BCUT2D eigenvalue weighted by molar-refractivity contribution is -0.120. The highest BCUT2D eigenvalue weighted by molar-refractivity contribution is 6.04. The number of hydrogen-bond donors (Lipinski definition) is 4. The summed E-state index contributed by atoms with van der Waals surface area (Å²) in [6.45, 7) is 1.97. The first-order chi connectivity index (χ1) is 7.52. The average Bonchev–Trinajstić information content (AvgIpc) is 2.73. The van der Waals surface area contributed by atoms with E-state index in [2.05, 4.69) is 16.0 Å². The Balaban J connectivity index is 0.000000165. The van der Waals surface area contributed by atoms with Gasteiger partial charge >= 0.3 is 12.1 Å². The third-order valence-electron chi connectivity index (χ3n) is 1.93. The first-order valence-electron chi connectivity index (χ1n) is 4.72. The highest BCUT2D eigenvalue weighted by Crippen LogP contribution is 1.95. The quantitative estimate of drug-likeness (QED) is 0.406. The number of rotatable bonds is 1.